The molecule has 4 nitrogen and oxygen atoms in total. The van der Waals surface area contributed by atoms with Crippen molar-refractivity contribution in [2.45, 2.75) is 24.0 Å². The number of hydrogen-bond acceptors (Lipinski definition) is 3. The molecule has 110 valence electrons. The summed E-state index contributed by atoms with van der Waals surface area (Å²) in [6.07, 6.45) is 5.87. The summed E-state index contributed by atoms with van der Waals surface area (Å²) in [5, 5.41) is 3.60. The van der Waals surface area contributed by atoms with Crippen molar-refractivity contribution >= 4 is 35.0 Å². The predicted octanol–water partition coefficient (Wildman–Crippen LogP) is 3.36. The number of benzene rings is 1. The van der Waals surface area contributed by atoms with Gasteiger partial charge in [-0.05, 0) is 37.3 Å². The molecule has 0 unspecified atom stereocenters. The maximum absolute atomic E-state index is 6.07. The van der Waals surface area contributed by atoms with Gasteiger partial charge >= 0.3 is 0 Å². The summed E-state index contributed by atoms with van der Waals surface area (Å²) in [5.74, 6) is 1.06. The average molecular weight is 314 g/mol. The Bertz CT molecular complexity index is 498. The molecule has 0 bridgehead atoms. The van der Waals surface area contributed by atoms with E-state index in [2.05, 4.69) is 16.6 Å². The lowest BCUT2D eigenvalue weighted by molar-refractivity contribution is 0.372. The topological polar surface area (TPSA) is 59.6 Å². The van der Waals surface area contributed by atoms with Crippen molar-refractivity contribution in [2.24, 2.45) is 10.7 Å². The first-order valence-corrected chi connectivity index (χ1v) is 8.14. The predicted molar refractivity (Wildman–Crippen MR) is 88.2 cm³/mol. The van der Waals surface area contributed by atoms with Crippen molar-refractivity contribution in [1.29, 1.82) is 0 Å². The summed E-state index contributed by atoms with van der Waals surface area (Å²) in [6.45, 7) is 0.761. The number of rotatable bonds is 5. The van der Waals surface area contributed by atoms with Gasteiger partial charge in [0.2, 0.25) is 0 Å². The average Bonchev–Trinajstić information content (AvgIpc) is 2.38. The lowest BCUT2D eigenvalue weighted by Crippen LogP contribution is -2.37. The minimum Gasteiger partial charge on any atom is -0.495 e. The van der Waals surface area contributed by atoms with Crippen molar-refractivity contribution in [3.8, 4) is 5.75 Å². The molecule has 0 amide bonds. The molecule has 1 saturated carbocycles. The van der Waals surface area contributed by atoms with E-state index in [9.17, 15) is 0 Å². The van der Waals surface area contributed by atoms with E-state index < -0.39 is 0 Å². The number of nitrogens with one attached hydrogen (secondary N) is 1. The first-order chi connectivity index (χ1) is 9.58. The van der Waals surface area contributed by atoms with Crippen LogP contribution in [0.2, 0.25) is 5.02 Å². The molecule has 1 fully saturated rings. The molecule has 1 aliphatic carbocycles. The molecular formula is C14H20ClN3OS. The number of methoxy groups -OCH3 is 1. The SMILES string of the molecule is COc1ccc(NC(N)=NCC2(SC)CCC2)cc1Cl. The van der Waals surface area contributed by atoms with Crippen LogP contribution < -0.4 is 15.8 Å². The van der Waals surface area contributed by atoms with Crippen molar-refractivity contribution in [2.75, 3.05) is 25.2 Å². The fraction of sp³-hybridized carbons (Fsp3) is 0.500. The molecule has 0 aromatic heterocycles. The lowest BCUT2D eigenvalue weighted by atomic mass is 9.84. The summed E-state index contributed by atoms with van der Waals surface area (Å²) >= 11 is 7.95. The highest BCUT2D eigenvalue weighted by molar-refractivity contribution is 8.00. The van der Waals surface area contributed by atoms with Gasteiger partial charge in [-0.1, -0.05) is 18.0 Å². The van der Waals surface area contributed by atoms with E-state index in [1.54, 1.807) is 19.2 Å². The van der Waals surface area contributed by atoms with Crippen LogP contribution in [-0.2, 0) is 0 Å². The van der Waals surface area contributed by atoms with Gasteiger partial charge in [-0.25, -0.2) is 0 Å². The quantitative estimate of drug-likeness (QED) is 0.646. The van der Waals surface area contributed by atoms with E-state index in [0.29, 0.717) is 21.5 Å². The van der Waals surface area contributed by atoms with Gasteiger partial charge in [-0.3, -0.25) is 4.99 Å². The summed E-state index contributed by atoms with van der Waals surface area (Å²) in [5.41, 5.74) is 6.73. The van der Waals surface area contributed by atoms with Crippen LogP contribution in [0.3, 0.4) is 0 Å². The van der Waals surface area contributed by atoms with Crippen LogP contribution in [0.15, 0.2) is 23.2 Å². The Kier molecular flexibility index (Phi) is 5.05. The van der Waals surface area contributed by atoms with Crippen molar-refractivity contribution in [3.05, 3.63) is 23.2 Å². The van der Waals surface area contributed by atoms with E-state index in [1.807, 2.05) is 17.8 Å². The number of nitrogens with zero attached hydrogens (tertiary/aromatic N) is 1. The second-order valence-corrected chi connectivity index (χ2v) is 6.60. The zero-order valence-electron chi connectivity index (χ0n) is 11.8. The number of hydrogen-bond donors (Lipinski definition) is 2. The lowest BCUT2D eigenvalue weighted by Gasteiger charge is -2.39. The van der Waals surface area contributed by atoms with E-state index >= 15 is 0 Å². The van der Waals surface area contributed by atoms with Crippen LogP contribution in [0.25, 0.3) is 0 Å². The van der Waals surface area contributed by atoms with E-state index in [-0.39, 0.29) is 0 Å². The maximum atomic E-state index is 6.07. The van der Waals surface area contributed by atoms with E-state index in [4.69, 9.17) is 22.1 Å². The fourth-order valence-electron chi connectivity index (χ4n) is 2.16. The standard InChI is InChI=1S/C14H20ClN3OS/c1-19-12-5-4-10(8-11(12)15)18-13(16)17-9-14(20-2)6-3-7-14/h4-5,8H,3,6-7,9H2,1-2H3,(H3,16,17,18). The molecule has 0 saturated heterocycles. The molecule has 1 aromatic carbocycles. The van der Waals surface area contributed by atoms with Crippen LogP contribution in [0.4, 0.5) is 5.69 Å². The molecule has 6 heteroatoms. The monoisotopic (exact) mass is 313 g/mol. The molecule has 2 rings (SSSR count). The van der Waals surface area contributed by atoms with E-state index in [0.717, 1.165) is 12.2 Å². The number of thioether (sulfide) groups is 1. The number of halogens is 1. The summed E-state index contributed by atoms with van der Waals surface area (Å²) < 4.78 is 5.41. The van der Waals surface area contributed by atoms with Crippen molar-refractivity contribution in [1.82, 2.24) is 0 Å². The van der Waals surface area contributed by atoms with E-state index in [1.165, 1.54) is 19.3 Å². The Morgan fingerprint density at radius 2 is 2.30 bits per heavy atom. The summed E-state index contributed by atoms with van der Waals surface area (Å²) in [6, 6.07) is 5.44. The summed E-state index contributed by atoms with van der Waals surface area (Å²) in [7, 11) is 1.59. The molecule has 0 heterocycles. The van der Waals surface area contributed by atoms with Crippen LogP contribution in [0.5, 0.6) is 5.75 Å². The molecule has 20 heavy (non-hydrogen) atoms. The highest BCUT2D eigenvalue weighted by Crippen LogP contribution is 2.42. The number of aliphatic imine (C=N–C) groups is 1. The molecule has 0 radical (unpaired) electrons. The third-order valence-electron chi connectivity index (χ3n) is 3.66. The Morgan fingerprint density at radius 3 is 2.80 bits per heavy atom. The van der Waals surface area contributed by atoms with Gasteiger partial charge in [0.1, 0.15) is 5.75 Å². The van der Waals surface area contributed by atoms with Gasteiger partial charge in [0.05, 0.1) is 18.7 Å². The molecule has 1 aliphatic rings. The third kappa shape index (κ3) is 3.52. The first-order valence-electron chi connectivity index (χ1n) is 6.54. The normalized spacial score (nSPS) is 17.4. The van der Waals surface area contributed by atoms with Gasteiger partial charge in [-0.15, -0.1) is 0 Å². The minimum absolute atomic E-state index is 0.295. The Morgan fingerprint density at radius 1 is 1.55 bits per heavy atom. The van der Waals surface area contributed by atoms with Gasteiger partial charge in [0.25, 0.3) is 0 Å². The molecule has 1 aromatic rings. The molecule has 3 N–H and O–H groups in total. The molecule has 0 atom stereocenters. The van der Waals surface area contributed by atoms with Gasteiger partial charge in [0.15, 0.2) is 5.96 Å². The number of nitrogens with two attached hydrogens (primary N) is 1. The molecular weight excluding hydrogens is 294 g/mol. The van der Waals surface area contributed by atoms with Gasteiger partial charge < -0.3 is 15.8 Å². The van der Waals surface area contributed by atoms with Crippen LogP contribution in [0, 0.1) is 0 Å². The Labute approximate surface area is 129 Å². The zero-order valence-corrected chi connectivity index (χ0v) is 13.4. The van der Waals surface area contributed by atoms with Crippen LogP contribution >= 0.6 is 23.4 Å². The van der Waals surface area contributed by atoms with Crippen molar-refractivity contribution in [3.63, 3.8) is 0 Å². The Hall–Kier alpha value is -1.07. The number of ether oxygens (including phenoxy) is 1. The second kappa shape index (κ2) is 6.59. The summed E-state index contributed by atoms with van der Waals surface area (Å²) in [4.78, 5) is 4.44. The number of anilines is 1. The zero-order chi connectivity index (χ0) is 14.6. The van der Waals surface area contributed by atoms with Gasteiger partial charge in [-0.2, -0.15) is 11.8 Å². The second-order valence-electron chi connectivity index (χ2n) is 4.92. The van der Waals surface area contributed by atoms with Crippen LogP contribution in [0.1, 0.15) is 19.3 Å². The number of guanidine groups is 1. The third-order valence-corrected chi connectivity index (χ3v) is 5.36. The maximum Gasteiger partial charge on any atom is 0.193 e. The molecule has 0 spiro atoms. The smallest absolute Gasteiger partial charge is 0.193 e. The highest BCUT2D eigenvalue weighted by atomic mass is 35.5. The van der Waals surface area contributed by atoms with Crippen molar-refractivity contribution < 1.29 is 4.74 Å². The Balaban J connectivity index is 1.96. The fourth-order valence-corrected chi connectivity index (χ4v) is 3.31. The van der Waals surface area contributed by atoms with Crippen LogP contribution in [-0.4, -0.2) is 30.6 Å². The minimum atomic E-state index is 0.295. The van der Waals surface area contributed by atoms with Gasteiger partial charge in [0, 0.05) is 10.4 Å². The largest absolute Gasteiger partial charge is 0.495 e. The first kappa shape index (κ1) is 15.3. The molecule has 0 aliphatic heterocycles. The highest BCUT2D eigenvalue weighted by Gasteiger charge is 2.35.